The van der Waals surface area contributed by atoms with Gasteiger partial charge in [0.1, 0.15) is 5.75 Å². The third-order valence-electron chi connectivity index (χ3n) is 3.39. The second-order valence-corrected chi connectivity index (χ2v) is 6.03. The summed E-state index contributed by atoms with van der Waals surface area (Å²) in [5.74, 6) is 0.873. The minimum atomic E-state index is 0.207. The molecule has 2 aromatic carbocycles. The van der Waals surface area contributed by atoms with E-state index in [4.69, 9.17) is 4.74 Å². The first-order chi connectivity index (χ1) is 9.49. The maximum atomic E-state index is 5.22. The van der Waals surface area contributed by atoms with E-state index in [0.717, 1.165) is 18.0 Å². The molecule has 106 valence electrons. The van der Waals surface area contributed by atoms with Crippen LogP contribution >= 0.6 is 0 Å². The summed E-state index contributed by atoms with van der Waals surface area (Å²) in [4.78, 5) is 0. The molecule has 2 heteroatoms. The fourth-order valence-corrected chi connectivity index (χ4v) is 2.06. The van der Waals surface area contributed by atoms with Crippen LogP contribution < -0.4 is 10.1 Å². The maximum absolute atomic E-state index is 5.22. The Morgan fingerprint density at radius 1 is 1.00 bits per heavy atom. The van der Waals surface area contributed by atoms with Gasteiger partial charge in [0.25, 0.3) is 0 Å². The Hall–Kier alpha value is -1.96. The summed E-state index contributed by atoms with van der Waals surface area (Å²) in [5.41, 5.74) is 3.92. The van der Waals surface area contributed by atoms with Gasteiger partial charge in [-0.05, 0) is 28.7 Å². The molecule has 0 aromatic heterocycles. The second kappa shape index (κ2) is 6.00. The summed E-state index contributed by atoms with van der Waals surface area (Å²) in [6.07, 6.45) is 0. The molecule has 0 aliphatic rings. The van der Waals surface area contributed by atoms with Crippen molar-refractivity contribution in [3.63, 3.8) is 0 Å². The molecule has 0 fully saturated rings. The molecule has 2 nitrogen and oxygen atoms in total. The van der Waals surface area contributed by atoms with Crippen LogP contribution in [-0.2, 0) is 12.0 Å². The van der Waals surface area contributed by atoms with E-state index >= 15 is 0 Å². The van der Waals surface area contributed by atoms with E-state index in [2.05, 4.69) is 50.4 Å². The van der Waals surface area contributed by atoms with Crippen molar-refractivity contribution >= 4 is 5.69 Å². The van der Waals surface area contributed by atoms with E-state index in [1.54, 1.807) is 7.11 Å². The van der Waals surface area contributed by atoms with E-state index < -0.39 is 0 Å². The molecule has 0 atom stereocenters. The molecule has 0 bridgehead atoms. The molecule has 0 unspecified atom stereocenters. The van der Waals surface area contributed by atoms with Gasteiger partial charge in [-0.1, -0.05) is 51.1 Å². The lowest BCUT2D eigenvalue weighted by Crippen LogP contribution is -2.11. The van der Waals surface area contributed by atoms with Crippen molar-refractivity contribution in [2.75, 3.05) is 12.4 Å². The molecule has 0 heterocycles. The molecule has 0 saturated heterocycles. The molecule has 0 amide bonds. The van der Waals surface area contributed by atoms with Gasteiger partial charge in [-0.3, -0.25) is 0 Å². The highest BCUT2D eigenvalue weighted by molar-refractivity contribution is 5.48. The average Bonchev–Trinajstić information content (AvgIpc) is 2.45. The van der Waals surface area contributed by atoms with E-state index in [-0.39, 0.29) is 5.41 Å². The molecule has 0 aliphatic heterocycles. The summed E-state index contributed by atoms with van der Waals surface area (Å²) in [6, 6.07) is 16.8. The van der Waals surface area contributed by atoms with Gasteiger partial charge in [-0.25, -0.2) is 0 Å². The highest BCUT2D eigenvalue weighted by atomic mass is 16.5. The molecular weight excluding hydrogens is 246 g/mol. The van der Waals surface area contributed by atoms with Crippen molar-refractivity contribution in [1.82, 2.24) is 0 Å². The van der Waals surface area contributed by atoms with Crippen molar-refractivity contribution in [3.8, 4) is 5.75 Å². The quantitative estimate of drug-likeness (QED) is 0.875. The first-order valence-electron chi connectivity index (χ1n) is 6.96. The molecular formula is C18H23NO. The summed E-state index contributed by atoms with van der Waals surface area (Å²) in [6.45, 7) is 7.51. The maximum Gasteiger partial charge on any atom is 0.120 e. The van der Waals surface area contributed by atoms with Crippen LogP contribution in [0.15, 0.2) is 48.5 Å². The number of ether oxygens (including phenoxy) is 1. The molecule has 0 spiro atoms. The highest BCUT2D eigenvalue weighted by Crippen LogP contribution is 2.22. The average molecular weight is 269 g/mol. The lowest BCUT2D eigenvalue weighted by atomic mass is 9.87. The highest BCUT2D eigenvalue weighted by Gasteiger charge is 2.12. The van der Waals surface area contributed by atoms with E-state index in [1.807, 2.05) is 24.3 Å². The Labute approximate surface area is 121 Å². The number of nitrogens with one attached hydrogen (secondary N) is 1. The summed E-state index contributed by atoms with van der Waals surface area (Å²) in [7, 11) is 1.68. The third kappa shape index (κ3) is 3.77. The normalized spacial score (nSPS) is 11.2. The van der Waals surface area contributed by atoms with Crippen LogP contribution in [0.5, 0.6) is 5.75 Å². The van der Waals surface area contributed by atoms with E-state index in [9.17, 15) is 0 Å². The second-order valence-electron chi connectivity index (χ2n) is 6.03. The number of rotatable bonds is 4. The molecule has 0 saturated carbocycles. The van der Waals surface area contributed by atoms with Crippen molar-refractivity contribution in [3.05, 3.63) is 59.7 Å². The molecule has 2 rings (SSSR count). The Kier molecular flexibility index (Phi) is 4.33. The van der Waals surface area contributed by atoms with Crippen LogP contribution in [0, 0.1) is 0 Å². The van der Waals surface area contributed by atoms with Crippen molar-refractivity contribution in [1.29, 1.82) is 0 Å². The van der Waals surface area contributed by atoms with E-state index in [0.29, 0.717) is 0 Å². The summed E-state index contributed by atoms with van der Waals surface area (Å²) in [5, 5.41) is 3.41. The number of anilines is 1. The number of hydrogen-bond acceptors (Lipinski definition) is 2. The number of benzene rings is 2. The van der Waals surface area contributed by atoms with Crippen molar-refractivity contribution < 1.29 is 4.74 Å². The molecule has 1 N–H and O–H groups in total. The number of hydrogen-bond donors (Lipinski definition) is 1. The zero-order chi connectivity index (χ0) is 14.6. The minimum Gasteiger partial charge on any atom is -0.497 e. The fraction of sp³-hybridized carbons (Fsp3) is 0.333. The van der Waals surface area contributed by atoms with Gasteiger partial charge in [0, 0.05) is 18.3 Å². The summed E-state index contributed by atoms with van der Waals surface area (Å²) < 4.78 is 5.22. The summed E-state index contributed by atoms with van der Waals surface area (Å²) >= 11 is 0. The zero-order valence-electron chi connectivity index (χ0n) is 12.7. The van der Waals surface area contributed by atoms with Gasteiger partial charge in [0.2, 0.25) is 0 Å². The molecule has 2 aromatic rings. The first kappa shape index (κ1) is 14.4. The lowest BCUT2D eigenvalue weighted by molar-refractivity contribution is 0.415. The molecule has 0 aliphatic carbocycles. The Morgan fingerprint density at radius 3 is 2.30 bits per heavy atom. The van der Waals surface area contributed by atoms with Crippen LogP contribution in [0.4, 0.5) is 5.69 Å². The topological polar surface area (TPSA) is 21.3 Å². The van der Waals surface area contributed by atoms with Gasteiger partial charge in [-0.15, -0.1) is 0 Å². The SMILES string of the molecule is COc1cccc(NCc2ccc(C(C)(C)C)cc2)c1. The van der Waals surface area contributed by atoms with Gasteiger partial charge >= 0.3 is 0 Å². The van der Waals surface area contributed by atoms with Crippen LogP contribution in [-0.4, -0.2) is 7.11 Å². The van der Waals surface area contributed by atoms with Crippen LogP contribution in [0.1, 0.15) is 31.9 Å². The Balaban J connectivity index is 2.00. The third-order valence-corrected chi connectivity index (χ3v) is 3.39. The Morgan fingerprint density at radius 2 is 1.70 bits per heavy atom. The van der Waals surface area contributed by atoms with Gasteiger partial charge in [0.05, 0.1) is 7.11 Å². The lowest BCUT2D eigenvalue weighted by Gasteiger charge is -2.19. The van der Waals surface area contributed by atoms with Crippen molar-refractivity contribution in [2.24, 2.45) is 0 Å². The molecule has 20 heavy (non-hydrogen) atoms. The number of methoxy groups -OCH3 is 1. The predicted octanol–water partition coefficient (Wildman–Crippen LogP) is 4.60. The van der Waals surface area contributed by atoms with Crippen LogP contribution in [0.3, 0.4) is 0 Å². The largest absolute Gasteiger partial charge is 0.497 e. The van der Waals surface area contributed by atoms with Gasteiger partial charge in [0.15, 0.2) is 0 Å². The standard InChI is InChI=1S/C18H23NO/c1-18(2,3)15-10-8-14(9-11-15)13-19-16-6-5-7-17(12-16)20-4/h5-12,19H,13H2,1-4H3. The van der Waals surface area contributed by atoms with E-state index in [1.165, 1.54) is 11.1 Å². The molecule has 0 radical (unpaired) electrons. The smallest absolute Gasteiger partial charge is 0.120 e. The Bertz CT molecular complexity index is 552. The minimum absolute atomic E-state index is 0.207. The fourth-order valence-electron chi connectivity index (χ4n) is 2.06. The zero-order valence-corrected chi connectivity index (χ0v) is 12.7. The predicted molar refractivity (Wildman–Crippen MR) is 85.5 cm³/mol. The monoisotopic (exact) mass is 269 g/mol. The first-order valence-corrected chi connectivity index (χ1v) is 6.96. The van der Waals surface area contributed by atoms with Crippen LogP contribution in [0.2, 0.25) is 0 Å². The van der Waals surface area contributed by atoms with Crippen molar-refractivity contribution in [2.45, 2.75) is 32.7 Å². The van der Waals surface area contributed by atoms with Crippen LogP contribution in [0.25, 0.3) is 0 Å². The van der Waals surface area contributed by atoms with Gasteiger partial charge in [-0.2, -0.15) is 0 Å². The van der Waals surface area contributed by atoms with Gasteiger partial charge < -0.3 is 10.1 Å².